The smallest absolute Gasteiger partial charge is 0.245 e. The molecule has 116 valence electrons. The van der Waals surface area contributed by atoms with E-state index < -0.39 is 5.54 Å². The lowest BCUT2D eigenvalue weighted by atomic mass is 9.54. The maximum absolute atomic E-state index is 12.6. The van der Waals surface area contributed by atoms with Gasteiger partial charge in [-0.3, -0.25) is 4.79 Å². The molecule has 2 rings (SSSR count). The van der Waals surface area contributed by atoms with Crippen molar-refractivity contribution in [1.82, 2.24) is 0 Å². The highest BCUT2D eigenvalue weighted by Crippen LogP contribution is 2.50. The zero-order valence-corrected chi connectivity index (χ0v) is 14.6. The van der Waals surface area contributed by atoms with Gasteiger partial charge in [0.1, 0.15) is 5.54 Å². The Labute approximate surface area is 134 Å². The summed E-state index contributed by atoms with van der Waals surface area (Å²) in [6.07, 6.45) is 0.583. The number of carbonyl (C=O) groups excluding carboxylic acids is 1. The standard InChI is InChI=1S/C16H23BrN2O2/c1-5-21-13-9-16(18,15(13,3)4)14(20)19-11-6-7-12(17)10(2)8-11/h6-8,13H,5,9,18H2,1-4H3,(H,19,20). The predicted molar refractivity (Wildman–Crippen MR) is 88.2 cm³/mol. The largest absolute Gasteiger partial charge is 0.378 e. The molecule has 0 aromatic heterocycles. The number of hydrogen-bond donors (Lipinski definition) is 2. The van der Waals surface area contributed by atoms with Crippen LogP contribution >= 0.6 is 15.9 Å². The molecule has 4 nitrogen and oxygen atoms in total. The van der Waals surface area contributed by atoms with Crippen molar-refractivity contribution >= 4 is 27.5 Å². The van der Waals surface area contributed by atoms with E-state index in [1.165, 1.54) is 0 Å². The number of rotatable bonds is 4. The molecular formula is C16H23BrN2O2. The summed E-state index contributed by atoms with van der Waals surface area (Å²) in [5.74, 6) is -0.148. The second-order valence-corrected chi connectivity index (χ2v) is 7.11. The zero-order chi connectivity index (χ0) is 15.8. The van der Waals surface area contributed by atoms with Crippen LogP contribution in [0.4, 0.5) is 5.69 Å². The van der Waals surface area contributed by atoms with Crippen LogP contribution in [0.15, 0.2) is 22.7 Å². The Morgan fingerprint density at radius 3 is 2.71 bits per heavy atom. The van der Waals surface area contributed by atoms with Crippen LogP contribution in [-0.4, -0.2) is 24.2 Å². The van der Waals surface area contributed by atoms with Gasteiger partial charge in [-0.25, -0.2) is 0 Å². The van der Waals surface area contributed by atoms with E-state index in [4.69, 9.17) is 10.5 Å². The monoisotopic (exact) mass is 354 g/mol. The summed E-state index contributed by atoms with van der Waals surface area (Å²) in [6.45, 7) is 8.55. The van der Waals surface area contributed by atoms with Crippen LogP contribution in [0.5, 0.6) is 0 Å². The van der Waals surface area contributed by atoms with Crippen LogP contribution in [0, 0.1) is 12.3 Å². The normalized spacial score (nSPS) is 27.0. The van der Waals surface area contributed by atoms with Crippen molar-refractivity contribution in [3.05, 3.63) is 28.2 Å². The minimum Gasteiger partial charge on any atom is -0.378 e. The fourth-order valence-corrected chi connectivity index (χ4v) is 3.03. The molecule has 1 saturated carbocycles. The van der Waals surface area contributed by atoms with Crippen molar-refractivity contribution in [3.63, 3.8) is 0 Å². The Morgan fingerprint density at radius 1 is 1.52 bits per heavy atom. The molecule has 5 heteroatoms. The molecule has 0 heterocycles. The minimum atomic E-state index is -0.895. The van der Waals surface area contributed by atoms with Gasteiger partial charge < -0.3 is 15.8 Å². The second-order valence-electron chi connectivity index (χ2n) is 6.26. The average Bonchev–Trinajstić information content (AvgIpc) is 2.42. The van der Waals surface area contributed by atoms with E-state index in [0.717, 1.165) is 15.7 Å². The Hall–Kier alpha value is -0.910. The molecule has 1 aromatic rings. The highest BCUT2D eigenvalue weighted by molar-refractivity contribution is 9.10. The highest BCUT2D eigenvalue weighted by atomic mass is 79.9. The van der Waals surface area contributed by atoms with Crippen LogP contribution in [0.25, 0.3) is 0 Å². The van der Waals surface area contributed by atoms with E-state index in [1.54, 1.807) is 0 Å². The number of nitrogens with two attached hydrogens (primary N) is 1. The van der Waals surface area contributed by atoms with E-state index in [0.29, 0.717) is 13.0 Å². The highest BCUT2D eigenvalue weighted by Gasteiger charge is 2.62. The molecule has 0 bridgehead atoms. The Kier molecular flexibility index (Phi) is 4.47. The van der Waals surface area contributed by atoms with Gasteiger partial charge in [-0.15, -0.1) is 0 Å². The van der Waals surface area contributed by atoms with Gasteiger partial charge in [-0.2, -0.15) is 0 Å². The SMILES string of the molecule is CCOC1CC(N)(C(=O)Nc2ccc(Br)c(C)c2)C1(C)C. The molecule has 21 heavy (non-hydrogen) atoms. The van der Waals surface area contributed by atoms with Crippen LogP contribution in [0.1, 0.15) is 32.8 Å². The summed E-state index contributed by atoms with van der Waals surface area (Å²) < 4.78 is 6.67. The van der Waals surface area contributed by atoms with Gasteiger partial charge in [-0.05, 0) is 37.6 Å². The third kappa shape index (κ3) is 2.74. The van der Waals surface area contributed by atoms with Crippen LogP contribution in [-0.2, 0) is 9.53 Å². The quantitative estimate of drug-likeness (QED) is 0.872. The number of carbonyl (C=O) groups is 1. The molecule has 1 aliphatic carbocycles. The third-order valence-electron chi connectivity index (χ3n) is 4.65. The van der Waals surface area contributed by atoms with Gasteiger partial charge in [0.05, 0.1) is 6.10 Å². The van der Waals surface area contributed by atoms with Crippen molar-refractivity contribution < 1.29 is 9.53 Å². The molecule has 0 aliphatic heterocycles. The minimum absolute atomic E-state index is 0.0323. The van der Waals surface area contributed by atoms with E-state index in [1.807, 2.05) is 45.9 Å². The Bertz CT molecular complexity index is 559. The summed E-state index contributed by atoms with van der Waals surface area (Å²) in [4.78, 5) is 12.6. The lowest BCUT2D eigenvalue weighted by Gasteiger charge is -2.57. The summed E-state index contributed by atoms with van der Waals surface area (Å²) >= 11 is 3.45. The molecule has 1 aliphatic rings. The molecule has 2 atom stereocenters. The van der Waals surface area contributed by atoms with Gasteiger partial charge in [0.25, 0.3) is 0 Å². The first-order valence-electron chi connectivity index (χ1n) is 7.20. The first-order chi connectivity index (χ1) is 9.72. The van der Waals surface area contributed by atoms with Crippen molar-refractivity contribution in [1.29, 1.82) is 0 Å². The molecule has 1 amide bonds. The van der Waals surface area contributed by atoms with Gasteiger partial charge in [0.2, 0.25) is 5.91 Å². The average molecular weight is 355 g/mol. The van der Waals surface area contributed by atoms with Gasteiger partial charge in [0.15, 0.2) is 0 Å². The van der Waals surface area contributed by atoms with Gasteiger partial charge >= 0.3 is 0 Å². The lowest BCUT2D eigenvalue weighted by molar-refractivity contribution is -0.166. The first-order valence-corrected chi connectivity index (χ1v) is 7.99. The summed E-state index contributed by atoms with van der Waals surface area (Å²) in [7, 11) is 0. The second kappa shape index (κ2) is 5.71. The number of aryl methyl sites for hydroxylation is 1. The number of anilines is 1. The summed E-state index contributed by atoms with van der Waals surface area (Å²) in [6, 6.07) is 5.71. The van der Waals surface area contributed by atoms with Crippen molar-refractivity contribution in [2.45, 2.75) is 45.8 Å². The maximum atomic E-state index is 12.6. The van der Waals surface area contributed by atoms with E-state index in [2.05, 4.69) is 21.2 Å². The van der Waals surface area contributed by atoms with Gasteiger partial charge in [0, 0.05) is 28.6 Å². The number of hydrogen-bond acceptors (Lipinski definition) is 3. The number of ether oxygens (including phenoxy) is 1. The molecule has 1 fully saturated rings. The number of halogens is 1. The number of benzene rings is 1. The number of nitrogens with one attached hydrogen (secondary N) is 1. The van der Waals surface area contributed by atoms with Crippen molar-refractivity contribution in [3.8, 4) is 0 Å². The van der Waals surface area contributed by atoms with Crippen LogP contribution < -0.4 is 11.1 Å². The fourth-order valence-electron chi connectivity index (χ4n) is 2.79. The van der Waals surface area contributed by atoms with Crippen molar-refractivity contribution in [2.24, 2.45) is 11.1 Å². The zero-order valence-electron chi connectivity index (χ0n) is 13.0. The Balaban J connectivity index is 2.12. The van der Waals surface area contributed by atoms with Crippen molar-refractivity contribution in [2.75, 3.05) is 11.9 Å². The fraction of sp³-hybridized carbons (Fsp3) is 0.562. The third-order valence-corrected chi connectivity index (χ3v) is 5.54. The summed E-state index contributed by atoms with van der Waals surface area (Å²) in [5, 5.41) is 2.93. The first kappa shape index (κ1) is 16.5. The number of amides is 1. The molecule has 0 spiro atoms. The molecule has 2 unspecified atom stereocenters. The topological polar surface area (TPSA) is 64.3 Å². The molecule has 1 aromatic carbocycles. The van der Waals surface area contributed by atoms with E-state index >= 15 is 0 Å². The van der Waals surface area contributed by atoms with E-state index in [9.17, 15) is 4.79 Å². The molecular weight excluding hydrogens is 332 g/mol. The lowest BCUT2D eigenvalue weighted by Crippen LogP contribution is -2.74. The molecule has 0 saturated heterocycles. The summed E-state index contributed by atoms with van der Waals surface area (Å²) in [5.41, 5.74) is 6.92. The Morgan fingerprint density at radius 2 is 2.19 bits per heavy atom. The van der Waals surface area contributed by atoms with Crippen LogP contribution in [0.3, 0.4) is 0 Å². The van der Waals surface area contributed by atoms with E-state index in [-0.39, 0.29) is 17.4 Å². The van der Waals surface area contributed by atoms with Gasteiger partial charge in [-0.1, -0.05) is 29.8 Å². The molecule has 3 N–H and O–H groups in total. The van der Waals surface area contributed by atoms with Crippen LogP contribution in [0.2, 0.25) is 0 Å². The molecule has 0 radical (unpaired) electrons. The predicted octanol–water partition coefficient (Wildman–Crippen LogP) is 3.23. The maximum Gasteiger partial charge on any atom is 0.245 e.